The third kappa shape index (κ3) is 5.27. The fraction of sp³-hybridized carbons (Fsp3) is 0.500. The maximum atomic E-state index is 11.9. The SMILES string of the molecule is CC(C)(C)CCS(=O)(=O)Nc1cc(N)ccc1Br. The summed E-state index contributed by atoms with van der Waals surface area (Å²) in [5.41, 5.74) is 6.62. The van der Waals surface area contributed by atoms with Crippen LogP contribution in [-0.4, -0.2) is 14.2 Å². The molecule has 0 saturated carbocycles. The molecule has 0 unspecified atom stereocenters. The monoisotopic (exact) mass is 334 g/mol. The quantitative estimate of drug-likeness (QED) is 0.830. The van der Waals surface area contributed by atoms with Crippen molar-refractivity contribution in [3.05, 3.63) is 22.7 Å². The first kappa shape index (κ1) is 15.3. The van der Waals surface area contributed by atoms with Crippen LogP contribution in [0.3, 0.4) is 0 Å². The fourth-order valence-corrected chi connectivity index (χ4v) is 3.24. The number of hydrogen-bond donors (Lipinski definition) is 2. The minimum atomic E-state index is -3.34. The van der Waals surface area contributed by atoms with Gasteiger partial charge < -0.3 is 5.73 Å². The van der Waals surface area contributed by atoms with Crippen LogP contribution in [-0.2, 0) is 10.0 Å². The Labute approximate surface area is 117 Å². The van der Waals surface area contributed by atoms with Crippen molar-refractivity contribution in [2.24, 2.45) is 5.41 Å². The Morgan fingerprint density at radius 2 is 1.94 bits per heavy atom. The summed E-state index contributed by atoms with van der Waals surface area (Å²) in [4.78, 5) is 0. The molecule has 0 radical (unpaired) electrons. The fourth-order valence-electron chi connectivity index (χ4n) is 1.28. The lowest BCUT2D eigenvalue weighted by atomic mass is 9.94. The molecule has 4 nitrogen and oxygen atoms in total. The van der Waals surface area contributed by atoms with Crippen molar-refractivity contribution in [2.75, 3.05) is 16.2 Å². The Balaban J connectivity index is 2.80. The average Bonchev–Trinajstić information content (AvgIpc) is 2.20. The van der Waals surface area contributed by atoms with E-state index in [4.69, 9.17) is 5.73 Å². The maximum Gasteiger partial charge on any atom is 0.232 e. The number of halogens is 1. The minimum absolute atomic E-state index is 0.0122. The predicted molar refractivity (Wildman–Crippen MR) is 80.0 cm³/mol. The zero-order chi connectivity index (χ0) is 14.0. The van der Waals surface area contributed by atoms with E-state index in [1.165, 1.54) is 0 Å². The zero-order valence-electron chi connectivity index (χ0n) is 10.8. The normalized spacial score (nSPS) is 12.4. The number of nitrogen functional groups attached to an aromatic ring is 1. The average molecular weight is 335 g/mol. The second-order valence-corrected chi connectivity index (χ2v) is 8.17. The molecule has 1 aromatic carbocycles. The highest BCUT2D eigenvalue weighted by molar-refractivity contribution is 9.10. The van der Waals surface area contributed by atoms with Gasteiger partial charge in [0.15, 0.2) is 0 Å². The van der Waals surface area contributed by atoms with Crippen molar-refractivity contribution >= 4 is 37.3 Å². The number of sulfonamides is 1. The molecule has 0 saturated heterocycles. The van der Waals surface area contributed by atoms with Crippen LogP contribution in [0.1, 0.15) is 27.2 Å². The first-order valence-corrected chi connectivity index (χ1v) is 8.09. The molecule has 102 valence electrons. The molecule has 0 heterocycles. The Kier molecular flexibility index (Phi) is 4.66. The molecule has 18 heavy (non-hydrogen) atoms. The highest BCUT2D eigenvalue weighted by Gasteiger charge is 2.18. The van der Waals surface area contributed by atoms with Gasteiger partial charge in [0.1, 0.15) is 0 Å². The van der Waals surface area contributed by atoms with Gasteiger partial charge in [-0.05, 0) is 46.0 Å². The van der Waals surface area contributed by atoms with Crippen LogP contribution in [0, 0.1) is 5.41 Å². The summed E-state index contributed by atoms with van der Waals surface area (Å²) >= 11 is 3.29. The number of nitrogens with two attached hydrogens (primary N) is 1. The summed E-state index contributed by atoms with van der Waals surface area (Å²) in [7, 11) is -3.34. The van der Waals surface area contributed by atoms with Crippen LogP contribution >= 0.6 is 15.9 Å². The van der Waals surface area contributed by atoms with Crippen molar-refractivity contribution in [1.82, 2.24) is 0 Å². The second kappa shape index (κ2) is 5.48. The van der Waals surface area contributed by atoms with Gasteiger partial charge >= 0.3 is 0 Å². The van der Waals surface area contributed by atoms with Gasteiger partial charge in [-0.3, -0.25) is 4.72 Å². The number of benzene rings is 1. The standard InChI is InChI=1S/C12H19BrN2O2S/c1-12(2,3)6-7-18(16,17)15-11-8-9(14)4-5-10(11)13/h4-5,8,15H,6-7,14H2,1-3H3. The van der Waals surface area contributed by atoms with E-state index in [0.29, 0.717) is 22.3 Å². The lowest BCUT2D eigenvalue weighted by Crippen LogP contribution is -2.21. The van der Waals surface area contributed by atoms with Crippen molar-refractivity contribution < 1.29 is 8.42 Å². The molecule has 0 aliphatic carbocycles. The maximum absolute atomic E-state index is 11.9. The van der Waals surface area contributed by atoms with E-state index in [-0.39, 0.29) is 11.2 Å². The molecular formula is C12H19BrN2O2S. The molecule has 0 bridgehead atoms. The van der Waals surface area contributed by atoms with Crippen molar-refractivity contribution in [1.29, 1.82) is 0 Å². The molecule has 0 aromatic heterocycles. The Bertz CT molecular complexity index is 521. The van der Waals surface area contributed by atoms with E-state index in [2.05, 4.69) is 20.7 Å². The number of nitrogens with one attached hydrogen (secondary N) is 1. The van der Waals surface area contributed by atoms with E-state index in [9.17, 15) is 8.42 Å². The van der Waals surface area contributed by atoms with Crippen molar-refractivity contribution in [2.45, 2.75) is 27.2 Å². The third-order valence-corrected chi connectivity index (χ3v) is 4.34. The molecule has 0 aliphatic heterocycles. The molecule has 3 N–H and O–H groups in total. The van der Waals surface area contributed by atoms with Crippen LogP contribution in [0.2, 0.25) is 0 Å². The molecule has 0 atom stereocenters. The van der Waals surface area contributed by atoms with Crippen LogP contribution < -0.4 is 10.5 Å². The van der Waals surface area contributed by atoms with E-state index >= 15 is 0 Å². The lowest BCUT2D eigenvalue weighted by Gasteiger charge is -2.18. The molecule has 0 amide bonds. The Morgan fingerprint density at radius 3 is 2.50 bits per heavy atom. The molecule has 6 heteroatoms. The van der Waals surface area contributed by atoms with Gasteiger partial charge in [0, 0.05) is 10.2 Å². The van der Waals surface area contributed by atoms with E-state index in [1.54, 1.807) is 18.2 Å². The van der Waals surface area contributed by atoms with Gasteiger partial charge in [-0.1, -0.05) is 20.8 Å². The number of rotatable bonds is 4. The van der Waals surface area contributed by atoms with Crippen molar-refractivity contribution in [3.8, 4) is 0 Å². The van der Waals surface area contributed by atoms with Gasteiger partial charge in [-0.2, -0.15) is 0 Å². The number of anilines is 2. The largest absolute Gasteiger partial charge is 0.399 e. The van der Waals surface area contributed by atoms with E-state index in [1.807, 2.05) is 20.8 Å². The summed E-state index contributed by atoms with van der Waals surface area (Å²) in [6.45, 7) is 6.04. The molecule has 0 fully saturated rings. The molecule has 0 aliphatic rings. The summed E-state index contributed by atoms with van der Waals surface area (Å²) in [6.07, 6.45) is 0.599. The molecular weight excluding hydrogens is 316 g/mol. The highest BCUT2D eigenvalue weighted by Crippen LogP contribution is 2.26. The van der Waals surface area contributed by atoms with Crippen LogP contribution in [0.15, 0.2) is 22.7 Å². The smallest absolute Gasteiger partial charge is 0.232 e. The van der Waals surface area contributed by atoms with Crippen molar-refractivity contribution in [3.63, 3.8) is 0 Å². The molecule has 0 spiro atoms. The number of hydrogen-bond acceptors (Lipinski definition) is 3. The van der Waals surface area contributed by atoms with Gasteiger partial charge in [0.25, 0.3) is 0 Å². The van der Waals surface area contributed by atoms with E-state index < -0.39 is 10.0 Å². The van der Waals surface area contributed by atoms with Gasteiger partial charge in [0.2, 0.25) is 10.0 Å². The van der Waals surface area contributed by atoms with Crippen LogP contribution in [0.25, 0.3) is 0 Å². The third-order valence-electron chi connectivity index (χ3n) is 2.38. The lowest BCUT2D eigenvalue weighted by molar-refractivity contribution is 0.397. The van der Waals surface area contributed by atoms with Crippen LogP contribution in [0.5, 0.6) is 0 Å². The molecule has 1 aromatic rings. The highest BCUT2D eigenvalue weighted by atomic mass is 79.9. The minimum Gasteiger partial charge on any atom is -0.399 e. The van der Waals surface area contributed by atoms with Gasteiger partial charge in [0.05, 0.1) is 11.4 Å². The van der Waals surface area contributed by atoms with Gasteiger partial charge in [-0.25, -0.2) is 8.42 Å². The Hall–Kier alpha value is -0.750. The first-order chi connectivity index (χ1) is 8.09. The predicted octanol–water partition coefficient (Wildman–Crippen LogP) is 3.21. The Morgan fingerprint density at radius 1 is 1.33 bits per heavy atom. The first-order valence-electron chi connectivity index (χ1n) is 5.65. The summed E-state index contributed by atoms with van der Waals surface area (Å²) < 4.78 is 27.1. The summed E-state index contributed by atoms with van der Waals surface area (Å²) in [6, 6.07) is 5.02. The van der Waals surface area contributed by atoms with Crippen LogP contribution in [0.4, 0.5) is 11.4 Å². The zero-order valence-corrected chi connectivity index (χ0v) is 13.2. The van der Waals surface area contributed by atoms with E-state index in [0.717, 1.165) is 0 Å². The second-order valence-electron chi connectivity index (χ2n) is 5.47. The summed E-state index contributed by atoms with van der Waals surface area (Å²) in [5, 5.41) is 0. The van der Waals surface area contributed by atoms with Gasteiger partial charge in [-0.15, -0.1) is 0 Å². The topological polar surface area (TPSA) is 72.2 Å². The summed E-state index contributed by atoms with van der Waals surface area (Å²) in [5.74, 6) is 0.0950. The molecule has 1 rings (SSSR count).